The van der Waals surface area contributed by atoms with Crippen LogP contribution in [0, 0.1) is 11.8 Å². The van der Waals surface area contributed by atoms with Crippen LogP contribution in [0.2, 0.25) is 0 Å². The van der Waals surface area contributed by atoms with Gasteiger partial charge in [-0.2, -0.15) is 0 Å². The molecule has 2 fully saturated rings. The second kappa shape index (κ2) is 5.17. The molecule has 3 nitrogen and oxygen atoms in total. The topological polar surface area (TPSA) is 46.3 Å². The molecule has 2 N–H and O–H groups in total. The first kappa shape index (κ1) is 11.9. The zero-order chi connectivity index (χ0) is 11.5. The minimum absolute atomic E-state index is 0.190. The van der Waals surface area contributed by atoms with Gasteiger partial charge in [0.1, 0.15) is 0 Å². The van der Waals surface area contributed by atoms with E-state index in [4.69, 9.17) is 5.73 Å². The number of nitrogens with two attached hydrogens (primary N) is 1. The second-order valence-corrected chi connectivity index (χ2v) is 5.57. The largest absolute Gasteiger partial charge is 0.341 e. The van der Waals surface area contributed by atoms with Gasteiger partial charge in [-0.25, -0.2) is 0 Å². The summed E-state index contributed by atoms with van der Waals surface area (Å²) in [6.45, 7) is 3.79. The fourth-order valence-corrected chi connectivity index (χ4v) is 2.96. The molecule has 0 radical (unpaired) electrons. The summed E-state index contributed by atoms with van der Waals surface area (Å²) in [5.41, 5.74) is 5.97. The zero-order valence-electron chi connectivity index (χ0n) is 10.3. The molecule has 2 unspecified atom stereocenters. The van der Waals surface area contributed by atoms with Crippen LogP contribution >= 0.6 is 0 Å². The molecule has 1 aliphatic carbocycles. The van der Waals surface area contributed by atoms with E-state index in [1.54, 1.807) is 0 Å². The molecule has 1 amide bonds. The monoisotopic (exact) mass is 224 g/mol. The fourth-order valence-electron chi connectivity index (χ4n) is 2.96. The van der Waals surface area contributed by atoms with Gasteiger partial charge < -0.3 is 10.6 Å². The average molecular weight is 224 g/mol. The average Bonchev–Trinajstić information content (AvgIpc) is 2.51. The molecule has 16 heavy (non-hydrogen) atoms. The fraction of sp³-hybridized carbons (Fsp3) is 0.923. The lowest BCUT2D eigenvalue weighted by atomic mass is 9.99. The standard InChI is InChI=1S/C13H24N2O/c1-10-8-15(9-12(10)14)13(16)11-6-4-2-3-5-7-11/h10-12H,2-9,14H2,1H3. The summed E-state index contributed by atoms with van der Waals surface area (Å²) in [6.07, 6.45) is 7.26. The third-order valence-electron chi connectivity index (χ3n) is 4.19. The molecule has 1 saturated heterocycles. The molecule has 1 saturated carbocycles. The van der Waals surface area contributed by atoms with Crippen molar-refractivity contribution in [2.75, 3.05) is 13.1 Å². The van der Waals surface area contributed by atoms with Crippen molar-refractivity contribution in [3.8, 4) is 0 Å². The molecule has 1 heterocycles. The first-order chi connectivity index (χ1) is 7.68. The minimum atomic E-state index is 0.190. The van der Waals surface area contributed by atoms with E-state index in [0.717, 1.165) is 25.9 Å². The molecular weight excluding hydrogens is 200 g/mol. The predicted molar refractivity (Wildman–Crippen MR) is 64.9 cm³/mol. The van der Waals surface area contributed by atoms with Crippen LogP contribution in [0.15, 0.2) is 0 Å². The zero-order valence-corrected chi connectivity index (χ0v) is 10.3. The Morgan fingerprint density at radius 3 is 2.25 bits per heavy atom. The van der Waals surface area contributed by atoms with Crippen LogP contribution in [0.4, 0.5) is 0 Å². The number of likely N-dealkylation sites (tertiary alicyclic amines) is 1. The highest BCUT2D eigenvalue weighted by Crippen LogP contribution is 2.26. The van der Waals surface area contributed by atoms with E-state index in [-0.39, 0.29) is 6.04 Å². The molecule has 2 aliphatic rings. The van der Waals surface area contributed by atoms with Gasteiger partial charge in [-0.3, -0.25) is 4.79 Å². The van der Waals surface area contributed by atoms with E-state index in [9.17, 15) is 4.79 Å². The second-order valence-electron chi connectivity index (χ2n) is 5.57. The van der Waals surface area contributed by atoms with E-state index in [2.05, 4.69) is 6.92 Å². The van der Waals surface area contributed by atoms with Crippen molar-refractivity contribution in [1.82, 2.24) is 4.90 Å². The Hall–Kier alpha value is -0.570. The number of nitrogens with zero attached hydrogens (tertiary/aromatic N) is 1. The molecular formula is C13H24N2O. The van der Waals surface area contributed by atoms with Crippen LogP contribution in [0.5, 0.6) is 0 Å². The summed E-state index contributed by atoms with van der Waals surface area (Å²) >= 11 is 0. The van der Waals surface area contributed by atoms with Gasteiger partial charge in [0.15, 0.2) is 0 Å². The van der Waals surface area contributed by atoms with Crippen molar-refractivity contribution in [1.29, 1.82) is 0 Å². The van der Waals surface area contributed by atoms with Crippen molar-refractivity contribution >= 4 is 5.91 Å². The summed E-state index contributed by atoms with van der Waals surface area (Å²) in [5.74, 6) is 1.14. The van der Waals surface area contributed by atoms with Gasteiger partial charge in [-0.1, -0.05) is 32.6 Å². The van der Waals surface area contributed by atoms with Crippen molar-refractivity contribution in [3.05, 3.63) is 0 Å². The van der Waals surface area contributed by atoms with Gasteiger partial charge in [-0.05, 0) is 18.8 Å². The lowest BCUT2D eigenvalue weighted by Gasteiger charge is -2.22. The van der Waals surface area contributed by atoms with E-state index < -0.39 is 0 Å². The molecule has 0 aromatic heterocycles. The molecule has 2 atom stereocenters. The van der Waals surface area contributed by atoms with Gasteiger partial charge in [-0.15, -0.1) is 0 Å². The lowest BCUT2D eigenvalue weighted by Crippen LogP contribution is -2.36. The van der Waals surface area contributed by atoms with Crippen LogP contribution < -0.4 is 5.73 Å². The summed E-state index contributed by atoms with van der Waals surface area (Å²) in [4.78, 5) is 14.3. The van der Waals surface area contributed by atoms with Gasteiger partial charge in [0.05, 0.1) is 0 Å². The van der Waals surface area contributed by atoms with Crippen molar-refractivity contribution < 1.29 is 4.79 Å². The molecule has 3 heteroatoms. The molecule has 1 aliphatic heterocycles. The smallest absolute Gasteiger partial charge is 0.225 e. The van der Waals surface area contributed by atoms with Crippen molar-refractivity contribution in [2.45, 2.75) is 51.5 Å². The normalized spacial score (nSPS) is 32.8. The minimum Gasteiger partial charge on any atom is -0.341 e. The highest BCUT2D eigenvalue weighted by atomic mass is 16.2. The quantitative estimate of drug-likeness (QED) is 0.690. The molecule has 2 rings (SSSR count). The Bertz CT molecular complexity index is 232. The van der Waals surface area contributed by atoms with Crippen LogP contribution in [0.25, 0.3) is 0 Å². The Balaban J connectivity index is 1.91. The summed E-state index contributed by atoms with van der Waals surface area (Å²) in [5, 5.41) is 0. The molecule has 0 bridgehead atoms. The maximum absolute atomic E-state index is 12.3. The van der Waals surface area contributed by atoms with Crippen molar-refractivity contribution in [3.63, 3.8) is 0 Å². The SMILES string of the molecule is CC1CN(C(=O)C2CCCCCC2)CC1N. The third kappa shape index (κ3) is 2.57. The molecule has 0 spiro atoms. The molecule has 0 aromatic rings. The van der Waals surface area contributed by atoms with E-state index in [1.165, 1.54) is 25.7 Å². The van der Waals surface area contributed by atoms with Gasteiger partial charge in [0, 0.05) is 25.0 Å². The number of carbonyl (C=O) groups is 1. The van der Waals surface area contributed by atoms with Crippen molar-refractivity contribution in [2.24, 2.45) is 17.6 Å². The summed E-state index contributed by atoms with van der Waals surface area (Å²) < 4.78 is 0. The number of amides is 1. The highest BCUT2D eigenvalue weighted by Gasteiger charge is 2.33. The van der Waals surface area contributed by atoms with Crippen LogP contribution in [0.3, 0.4) is 0 Å². The molecule has 92 valence electrons. The Labute approximate surface area is 98.4 Å². The lowest BCUT2D eigenvalue weighted by molar-refractivity contribution is -0.135. The van der Waals surface area contributed by atoms with Crippen LogP contribution in [-0.4, -0.2) is 29.9 Å². The highest BCUT2D eigenvalue weighted by molar-refractivity contribution is 5.79. The van der Waals surface area contributed by atoms with Crippen LogP contribution in [0.1, 0.15) is 45.4 Å². The number of carbonyl (C=O) groups excluding carboxylic acids is 1. The van der Waals surface area contributed by atoms with E-state index >= 15 is 0 Å². The first-order valence-corrected chi connectivity index (χ1v) is 6.73. The number of hydrogen-bond donors (Lipinski definition) is 1. The van der Waals surface area contributed by atoms with Gasteiger partial charge in [0.25, 0.3) is 0 Å². The molecule has 0 aromatic carbocycles. The third-order valence-corrected chi connectivity index (χ3v) is 4.19. The summed E-state index contributed by atoms with van der Waals surface area (Å²) in [6, 6.07) is 0.190. The Morgan fingerprint density at radius 1 is 1.12 bits per heavy atom. The van der Waals surface area contributed by atoms with Gasteiger partial charge in [0.2, 0.25) is 5.91 Å². The maximum Gasteiger partial charge on any atom is 0.225 e. The first-order valence-electron chi connectivity index (χ1n) is 6.73. The van der Waals surface area contributed by atoms with E-state index in [0.29, 0.717) is 17.7 Å². The Morgan fingerprint density at radius 2 is 1.75 bits per heavy atom. The number of rotatable bonds is 1. The summed E-state index contributed by atoms with van der Waals surface area (Å²) in [7, 11) is 0. The van der Waals surface area contributed by atoms with Gasteiger partial charge >= 0.3 is 0 Å². The van der Waals surface area contributed by atoms with Crippen LogP contribution in [-0.2, 0) is 4.79 Å². The predicted octanol–water partition coefficient (Wildman–Crippen LogP) is 1.76. The maximum atomic E-state index is 12.3. The Kier molecular flexibility index (Phi) is 3.85. The van der Waals surface area contributed by atoms with E-state index in [1.807, 2.05) is 4.90 Å². The number of hydrogen-bond acceptors (Lipinski definition) is 2.